The number of carbonyl (C=O) groups is 1. The van der Waals surface area contributed by atoms with Crippen molar-refractivity contribution >= 4 is 29.2 Å². The molecule has 35 heavy (non-hydrogen) atoms. The molecule has 0 fully saturated rings. The minimum atomic E-state index is -0.443. The summed E-state index contributed by atoms with van der Waals surface area (Å²) in [6.07, 6.45) is 1.10. The van der Waals surface area contributed by atoms with E-state index in [0.717, 1.165) is 28.0 Å². The molecule has 0 spiro atoms. The lowest BCUT2D eigenvalue weighted by atomic mass is 9.84. The first-order valence-corrected chi connectivity index (χ1v) is 11.5. The Kier molecular flexibility index (Phi) is 5.07. The van der Waals surface area contributed by atoms with Gasteiger partial charge in [0, 0.05) is 16.2 Å². The summed E-state index contributed by atoms with van der Waals surface area (Å²) in [5.74, 6) is 0.963. The van der Waals surface area contributed by atoms with Gasteiger partial charge in [0.2, 0.25) is 5.95 Å². The molecular weight excluding hydrogens is 464 g/mol. The number of halogens is 1. The topological polar surface area (TPSA) is 78.3 Å². The highest BCUT2D eigenvalue weighted by Gasteiger charge is 2.41. The first-order valence-electron chi connectivity index (χ1n) is 11.2. The van der Waals surface area contributed by atoms with Crippen LogP contribution < -0.4 is 10.1 Å². The highest BCUT2D eigenvalue weighted by molar-refractivity contribution is 6.30. The zero-order valence-electron chi connectivity index (χ0n) is 19.0. The number of aromatic nitrogens is 3. The molecule has 4 aromatic rings. The number of aryl methyl sites for hydroxylation is 1. The van der Waals surface area contributed by atoms with E-state index in [1.54, 1.807) is 18.5 Å². The Morgan fingerprint density at radius 2 is 1.80 bits per heavy atom. The van der Waals surface area contributed by atoms with E-state index >= 15 is 0 Å². The largest absolute Gasteiger partial charge is 0.480 e. The summed E-state index contributed by atoms with van der Waals surface area (Å²) in [6, 6.07) is 21.0. The molecular formula is C27H21ClN4O3. The van der Waals surface area contributed by atoms with Gasteiger partial charge in [0.25, 0.3) is 0 Å². The molecule has 2 aliphatic heterocycles. The van der Waals surface area contributed by atoms with Crippen LogP contribution in [-0.4, -0.2) is 27.8 Å². The van der Waals surface area contributed by atoms with Crippen LogP contribution in [0.4, 0.5) is 5.95 Å². The van der Waals surface area contributed by atoms with Crippen molar-refractivity contribution in [2.75, 3.05) is 12.4 Å². The molecule has 2 atom stereocenters. The van der Waals surface area contributed by atoms with E-state index < -0.39 is 6.10 Å². The summed E-state index contributed by atoms with van der Waals surface area (Å²) in [6.45, 7) is 2.06. The van der Waals surface area contributed by atoms with Crippen molar-refractivity contribution in [3.05, 3.63) is 111 Å². The van der Waals surface area contributed by atoms with Gasteiger partial charge in [-0.1, -0.05) is 53.6 Å². The van der Waals surface area contributed by atoms with Gasteiger partial charge in [-0.05, 0) is 48.4 Å². The summed E-state index contributed by atoms with van der Waals surface area (Å²) in [5, 5.41) is 8.62. The Morgan fingerprint density at radius 3 is 2.54 bits per heavy atom. The molecule has 7 nitrogen and oxygen atoms in total. The smallest absolute Gasteiger partial charge is 0.337 e. The monoisotopic (exact) mass is 484 g/mol. The molecule has 2 aliphatic rings. The molecule has 0 aliphatic carbocycles. The highest BCUT2D eigenvalue weighted by atomic mass is 35.5. The molecule has 0 saturated carbocycles. The van der Waals surface area contributed by atoms with Crippen LogP contribution in [-0.2, 0) is 4.74 Å². The lowest BCUT2D eigenvalue weighted by Crippen LogP contribution is -2.32. The maximum absolute atomic E-state index is 12.0. The molecule has 0 bridgehead atoms. The summed E-state index contributed by atoms with van der Waals surface area (Å²) < 4.78 is 13.3. The summed E-state index contributed by atoms with van der Waals surface area (Å²) in [4.78, 5) is 16.4. The van der Waals surface area contributed by atoms with Crippen LogP contribution in [0.5, 0.6) is 5.75 Å². The Labute approximate surface area is 207 Å². The number of nitrogens with zero attached hydrogens (tertiary/aromatic N) is 3. The Morgan fingerprint density at radius 1 is 1.06 bits per heavy atom. The molecule has 0 saturated heterocycles. The molecule has 174 valence electrons. The van der Waals surface area contributed by atoms with Gasteiger partial charge >= 0.3 is 5.97 Å². The first kappa shape index (κ1) is 21.4. The minimum absolute atomic E-state index is 0.262. The third-order valence-corrected chi connectivity index (χ3v) is 6.64. The van der Waals surface area contributed by atoms with Gasteiger partial charge in [-0.3, -0.25) is 0 Å². The average molecular weight is 485 g/mol. The van der Waals surface area contributed by atoms with E-state index in [1.165, 1.54) is 12.7 Å². The van der Waals surface area contributed by atoms with Gasteiger partial charge in [-0.2, -0.15) is 10.1 Å². The molecule has 0 amide bonds. The Balaban J connectivity index is 1.57. The lowest BCUT2D eigenvalue weighted by molar-refractivity contribution is 0.0600. The van der Waals surface area contributed by atoms with E-state index in [9.17, 15) is 4.79 Å². The number of rotatable bonds is 3. The van der Waals surface area contributed by atoms with Crippen molar-refractivity contribution in [3.63, 3.8) is 0 Å². The van der Waals surface area contributed by atoms with E-state index in [0.29, 0.717) is 22.3 Å². The Hall–Kier alpha value is -4.10. The number of nitrogens with one attached hydrogen (secondary N) is 1. The number of hydrogen-bond donors (Lipinski definition) is 1. The highest BCUT2D eigenvalue weighted by Crippen LogP contribution is 2.51. The number of methoxy groups -OCH3 is 1. The number of ether oxygens (including phenoxy) is 2. The molecule has 1 aromatic heterocycles. The van der Waals surface area contributed by atoms with Crippen LogP contribution in [0.25, 0.3) is 5.70 Å². The second-order valence-electron chi connectivity index (χ2n) is 8.55. The number of esters is 1. The fourth-order valence-corrected chi connectivity index (χ4v) is 4.87. The molecule has 8 heteroatoms. The van der Waals surface area contributed by atoms with Crippen LogP contribution in [0, 0.1) is 6.92 Å². The molecule has 0 radical (unpaired) electrons. The maximum atomic E-state index is 12.0. The predicted octanol–water partition coefficient (Wildman–Crippen LogP) is 5.59. The van der Waals surface area contributed by atoms with Gasteiger partial charge in [0.05, 0.1) is 18.4 Å². The average Bonchev–Trinajstić information content (AvgIpc) is 3.36. The fraction of sp³-hybridized carbons (Fsp3) is 0.148. The second kappa shape index (κ2) is 8.29. The molecule has 1 N–H and O–H groups in total. The van der Waals surface area contributed by atoms with Crippen LogP contribution in [0.3, 0.4) is 0 Å². The zero-order chi connectivity index (χ0) is 24.1. The van der Waals surface area contributed by atoms with Crippen LogP contribution >= 0.6 is 11.6 Å². The van der Waals surface area contributed by atoms with Gasteiger partial charge in [-0.25, -0.2) is 9.48 Å². The Bertz CT molecular complexity index is 1480. The van der Waals surface area contributed by atoms with Gasteiger partial charge in [-0.15, -0.1) is 0 Å². The first-order chi connectivity index (χ1) is 17.0. The second-order valence-corrected chi connectivity index (χ2v) is 8.99. The molecule has 2 unspecified atom stereocenters. The van der Waals surface area contributed by atoms with Crippen molar-refractivity contribution < 1.29 is 14.3 Å². The fourth-order valence-electron chi connectivity index (χ4n) is 4.70. The van der Waals surface area contributed by atoms with Crippen LogP contribution in [0.2, 0.25) is 5.02 Å². The molecule has 3 heterocycles. The lowest BCUT2D eigenvalue weighted by Gasteiger charge is -2.39. The number of anilines is 1. The van der Waals surface area contributed by atoms with Crippen LogP contribution in [0.1, 0.15) is 44.8 Å². The van der Waals surface area contributed by atoms with Crippen molar-refractivity contribution in [2.45, 2.75) is 19.1 Å². The van der Waals surface area contributed by atoms with Crippen molar-refractivity contribution in [1.29, 1.82) is 0 Å². The van der Waals surface area contributed by atoms with Gasteiger partial charge < -0.3 is 14.8 Å². The summed E-state index contributed by atoms with van der Waals surface area (Å²) >= 11 is 6.39. The van der Waals surface area contributed by atoms with Crippen molar-refractivity contribution in [3.8, 4) is 5.75 Å². The number of carbonyl (C=O) groups excluding carboxylic acids is 1. The van der Waals surface area contributed by atoms with E-state index in [2.05, 4.69) is 46.6 Å². The normalized spacial score (nSPS) is 18.0. The standard InChI is InChI=1S/C27H21ClN4O3/c1-15-3-5-16(6-4-15)24-22-23(31-27-29-14-30-32(24)27)20-13-19(28)11-12-21(20)35-25(22)17-7-9-18(10-8-17)26(33)34-2/h3-14,24-25H,1-2H3,(H,29,30,31). The SMILES string of the molecule is COC(=O)c1ccc(C2Oc3ccc(Cl)cc3C3=C2C(c2ccc(C)cc2)n2ncnc2N3)cc1. The maximum Gasteiger partial charge on any atom is 0.337 e. The van der Waals surface area contributed by atoms with E-state index in [4.69, 9.17) is 21.1 Å². The van der Waals surface area contributed by atoms with E-state index in [1.807, 2.05) is 35.0 Å². The van der Waals surface area contributed by atoms with Gasteiger partial charge in [0.15, 0.2) is 0 Å². The number of benzene rings is 3. The third-order valence-electron chi connectivity index (χ3n) is 6.40. The molecule has 3 aromatic carbocycles. The quantitative estimate of drug-likeness (QED) is 0.382. The summed E-state index contributed by atoms with van der Waals surface area (Å²) in [5.41, 5.74) is 6.33. The van der Waals surface area contributed by atoms with E-state index in [-0.39, 0.29) is 12.0 Å². The minimum Gasteiger partial charge on any atom is -0.480 e. The summed E-state index contributed by atoms with van der Waals surface area (Å²) in [7, 11) is 1.37. The predicted molar refractivity (Wildman–Crippen MR) is 132 cm³/mol. The van der Waals surface area contributed by atoms with Crippen molar-refractivity contribution in [1.82, 2.24) is 14.8 Å². The third kappa shape index (κ3) is 3.56. The van der Waals surface area contributed by atoms with Crippen LogP contribution in [0.15, 0.2) is 78.6 Å². The van der Waals surface area contributed by atoms with Crippen molar-refractivity contribution in [2.24, 2.45) is 0 Å². The molecule has 6 rings (SSSR count). The van der Waals surface area contributed by atoms with Gasteiger partial charge in [0.1, 0.15) is 24.2 Å². The zero-order valence-corrected chi connectivity index (χ0v) is 19.8. The number of hydrogen-bond acceptors (Lipinski definition) is 6. The number of fused-ring (bicyclic) bond motifs is 3.